The maximum absolute atomic E-state index is 11.9. The summed E-state index contributed by atoms with van der Waals surface area (Å²) in [6.45, 7) is 8.81. The van der Waals surface area contributed by atoms with Gasteiger partial charge in [-0.3, -0.25) is 19.4 Å². The first kappa shape index (κ1) is 18.8. The third-order valence-electron chi connectivity index (χ3n) is 5.52. The number of aromatic nitrogens is 2. The van der Waals surface area contributed by atoms with Crippen molar-refractivity contribution in [1.82, 2.24) is 19.8 Å². The molecule has 0 spiro atoms. The van der Waals surface area contributed by atoms with Crippen LogP contribution in [-0.4, -0.2) is 69.8 Å². The van der Waals surface area contributed by atoms with Gasteiger partial charge in [0.1, 0.15) is 0 Å². The van der Waals surface area contributed by atoms with E-state index in [1.807, 2.05) is 6.07 Å². The van der Waals surface area contributed by atoms with Crippen molar-refractivity contribution in [2.75, 3.05) is 37.6 Å². The summed E-state index contributed by atoms with van der Waals surface area (Å²) >= 11 is 0. The van der Waals surface area contributed by atoms with Crippen molar-refractivity contribution in [3.63, 3.8) is 0 Å². The molecule has 2 saturated heterocycles. The normalized spacial score (nSPS) is 19.9. The van der Waals surface area contributed by atoms with E-state index in [1.54, 1.807) is 12.4 Å². The van der Waals surface area contributed by atoms with Gasteiger partial charge in [0.25, 0.3) is 0 Å². The fourth-order valence-electron chi connectivity index (χ4n) is 3.84. The molecular weight excluding hydrogens is 330 g/mol. The van der Waals surface area contributed by atoms with Crippen LogP contribution in [0.4, 0.5) is 5.95 Å². The first-order chi connectivity index (χ1) is 12.5. The zero-order valence-corrected chi connectivity index (χ0v) is 15.9. The predicted molar refractivity (Wildman–Crippen MR) is 99.7 cm³/mol. The molecule has 0 N–H and O–H groups in total. The van der Waals surface area contributed by atoms with Crippen LogP contribution in [0.5, 0.6) is 0 Å². The molecule has 2 fully saturated rings. The summed E-state index contributed by atoms with van der Waals surface area (Å²) in [5.41, 5.74) is 0.0471. The van der Waals surface area contributed by atoms with E-state index >= 15 is 0 Å². The molecule has 2 aliphatic heterocycles. The number of likely N-dealkylation sites (tertiary alicyclic amines) is 1. The molecular formula is C19H29N5O2. The van der Waals surface area contributed by atoms with E-state index in [1.165, 1.54) is 4.90 Å². The minimum absolute atomic E-state index is 0.00414. The molecule has 3 heterocycles. The Hall–Kier alpha value is -2.02. The lowest BCUT2D eigenvalue weighted by molar-refractivity contribution is -0.148. The van der Waals surface area contributed by atoms with Crippen LogP contribution in [-0.2, 0) is 9.59 Å². The average Bonchev–Trinajstić information content (AvgIpc) is 2.65. The Morgan fingerprint density at radius 2 is 1.62 bits per heavy atom. The van der Waals surface area contributed by atoms with Crippen molar-refractivity contribution >= 4 is 17.8 Å². The first-order valence-corrected chi connectivity index (χ1v) is 9.57. The number of piperidine rings is 1. The molecule has 0 bridgehead atoms. The van der Waals surface area contributed by atoms with E-state index in [4.69, 9.17) is 0 Å². The number of rotatable bonds is 6. The summed E-state index contributed by atoms with van der Waals surface area (Å²) in [5.74, 6) is 0.790. The number of nitrogens with zero attached hydrogens (tertiary/aromatic N) is 5. The molecule has 0 atom stereocenters. The molecule has 1 aromatic heterocycles. The summed E-state index contributed by atoms with van der Waals surface area (Å²) in [5, 5.41) is 0. The molecule has 2 amide bonds. The first-order valence-electron chi connectivity index (χ1n) is 9.57. The van der Waals surface area contributed by atoms with Crippen LogP contribution < -0.4 is 4.90 Å². The van der Waals surface area contributed by atoms with Gasteiger partial charge in [0.05, 0.1) is 0 Å². The average molecular weight is 359 g/mol. The standard InChI is InChI=1S/C19H29N5O2/c1-19(2,8-4-11-24-16(25)6-3-7-17(24)26)23-14-12-22(13-15-23)18-20-9-5-10-21-18/h5,9-10H,3-4,6-8,11-15H2,1-2H3. The molecule has 2 aliphatic rings. The molecule has 0 unspecified atom stereocenters. The van der Waals surface area contributed by atoms with Crippen LogP contribution in [0.2, 0.25) is 0 Å². The summed E-state index contributed by atoms with van der Waals surface area (Å²) in [6.07, 6.45) is 7.11. The van der Waals surface area contributed by atoms with E-state index in [2.05, 4.69) is 33.6 Å². The second kappa shape index (κ2) is 8.12. The fourth-order valence-corrected chi connectivity index (χ4v) is 3.84. The van der Waals surface area contributed by atoms with Crippen molar-refractivity contribution < 1.29 is 9.59 Å². The van der Waals surface area contributed by atoms with Crippen LogP contribution in [0.15, 0.2) is 18.5 Å². The van der Waals surface area contributed by atoms with Gasteiger partial charge in [0, 0.05) is 63.5 Å². The number of hydrogen-bond donors (Lipinski definition) is 0. The van der Waals surface area contributed by atoms with Gasteiger partial charge in [0.2, 0.25) is 17.8 Å². The van der Waals surface area contributed by atoms with Gasteiger partial charge in [-0.05, 0) is 39.2 Å². The SMILES string of the molecule is CC(C)(CCCN1C(=O)CCCC1=O)N1CCN(c2ncccn2)CC1. The third kappa shape index (κ3) is 4.38. The molecule has 3 rings (SSSR count). The summed E-state index contributed by atoms with van der Waals surface area (Å²) < 4.78 is 0. The maximum Gasteiger partial charge on any atom is 0.229 e. The van der Waals surface area contributed by atoms with E-state index in [0.29, 0.717) is 25.8 Å². The number of amides is 2. The number of imide groups is 1. The van der Waals surface area contributed by atoms with Crippen LogP contribution >= 0.6 is 0 Å². The van der Waals surface area contributed by atoms with E-state index in [-0.39, 0.29) is 17.4 Å². The monoisotopic (exact) mass is 359 g/mol. The second-order valence-electron chi connectivity index (χ2n) is 7.73. The molecule has 7 heteroatoms. The van der Waals surface area contributed by atoms with Crippen molar-refractivity contribution in [2.45, 2.75) is 51.5 Å². The van der Waals surface area contributed by atoms with E-state index < -0.39 is 0 Å². The van der Waals surface area contributed by atoms with Crippen LogP contribution in [0.1, 0.15) is 46.0 Å². The molecule has 0 aromatic carbocycles. The van der Waals surface area contributed by atoms with Gasteiger partial charge in [-0.15, -0.1) is 0 Å². The number of carbonyl (C=O) groups excluding carboxylic acids is 2. The minimum Gasteiger partial charge on any atom is -0.338 e. The van der Waals surface area contributed by atoms with E-state index in [0.717, 1.165) is 45.0 Å². The Labute approximate surface area is 155 Å². The number of anilines is 1. The van der Waals surface area contributed by atoms with Gasteiger partial charge in [0.15, 0.2) is 0 Å². The van der Waals surface area contributed by atoms with Crippen molar-refractivity contribution in [2.24, 2.45) is 0 Å². The highest BCUT2D eigenvalue weighted by Gasteiger charge is 2.31. The molecule has 26 heavy (non-hydrogen) atoms. The topological polar surface area (TPSA) is 69.6 Å². The summed E-state index contributed by atoms with van der Waals surface area (Å²) in [4.78, 5) is 38.7. The largest absolute Gasteiger partial charge is 0.338 e. The molecule has 142 valence electrons. The maximum atomic E-state index is 11.9. The van der Waals surface area contributed by atoms with Gasteiger partial charge >= 0.3 is 0 Å². The number of piperazine rings is 1. The number of hydrogen-bond acceptors (Lipinski definition) is 6. The fraction of sp³-hybridized carbons (Fsp3) is 0.684. The summed E-state index contributed by atoms with van der Waals surface area (Å²) in [6, 6.07) is 1.83. The van der Waals surface area contributed by atoms with Crippen molar-refractivity contribution in [3.8, 4) is 0 Å². The Balaban J connectivity index is 1.46. The van der Waals surface area contributed by atoms with Crippen LogP contribution in [0, 0.1) is 0 Å². The van der Waals surface area contributed by atoms with Crippen LogP contribution in [0.3, 0.4) is 0 Å². The van der Waals surface area contributed by atoms with Gasteiger partial charge < -0.3 is 4.90 Å². The lowest BCUT2D eigenvalue weighted by Gasteiger charge is -2.44. The molecule has 0 aliphatic carbocycles. The molecule has 0 saturated carbocycles. The van der Waals surface area contributed by atoms with Gasteiger partial charge in [-0.1, -0.05) is 0 Å². The zero-order chi connectivity index (χ0) is 18.6. The van der Waals surface area contributed by atoms with Crippen molar-refractivity contribution in [1.29, 1.82) is 0 Å². The zero-order valence-electron chi connectivity index (χ0n) is 15.9. The Morgan fingerprint density at radius 3 is 2.23 bits per heavy atom. The number of carbonyl (C=O) groups is 2. The smallest absolute Gasteiger partial charge is 0.229 e. The highest BCUT2D eigenvalue weighted by molar-refractivity contribution is 5.97. The Morgan fingerprint density at radius 1 is 1.00 bits per heavy atom. The predicted octanol–water partition coefficient (Wildman–Crippen LogP) is 1.70. The molecule has 0 radical (unpaired) electrons. The van der Waals surface area contributed by atoms with Crippen molar-refractivity contribution in [3.05, 3.63) is 18.5 Å². The van der Waals surface area contributed by atoms with E-state index in [9.17, 15) is 9.59 Å². The Kier molecular flexibility index (Phi) is 5.86. The third-order valence-corrected chi connectivity index (χ3v) is 5.52. The lowest BCUT2D eigenvalue weighted by Crippen LogP contribution is -2.55. The second-order valence-corrected chi connectivity index (χ2v) is 7.73. The van der Waals surface area contributed by atoms with Gasteiger partial charge in [-0.2, -0.15) is 0 Å². The highest BCUT2D eigenvalue weighted by atomic mass is 16.2. The highest BCUT2D eigenvalue weighted by Crippen LogP contribution is 2.24. The van der Waals surface area contributed by atoms with Gasteiger partial charge in [-0.25, -0.2) is 9.97 Å². The quantitative estimate of drug-likeness (QED) is 0.720. The molecule has 7 nitrogen and oxygen atoms in total. The van der Waals surface area contributed by atoms with Crippen LogP contribution in [0.25, 0.3) is 0 Å². The lowest BCUT2D eigenvalue weighted by atomic mass is 9.94. The Bertz CT molecular complexity index is 610. The minimum atomic E-state index is -0.00414. The molecule has 1 aromatic rings. The summed E-state index contributed by atoms with van der Waals surface area (Å²) in [7, 11) is 0.